The number of benzene rings is 3. The van der Waals surface area contributed by atoms with Gasteiger partial charge in [-0.3, -0.25) is 4.79 Å². The van der Waals surface area contributed by atoms with Crippen molar-refractivity contribution in [1.82, 2.24) is 5.32 Å². The van der Waals surface area contributed by atoms with Gasteiger partial charge < -0.3 is 20.3 Å². The summed E-state index contributed by atoms with van der Waals surface area (Å²) in [6.07, 6.45) is -1.03. The Morgan fingerprint density at radius 2 is 1.57 bits per heavy atom. The highest BCUT2D eigenvalue weighted by Gasteiger charge is 2.29. The van der Waals surface area contributed by atoms with E-state index < -0.39 is 18.1 Å². The van der Waals surface area contributed by atoms with E-state index in [1.165, 1.54) is 12.1 Å². The number of carboxylic acids is 1. The predicted molar refractivity (Wildman–Crippen MR) is 111 cm³/mol. The maximum absolute atomic E-state index is 12.5. The zero-order valence-electron chi connectivity index (χ0n) is 16.1. The van der Waals surface area contributed by atoms with Gasteiger partial charge in [0.1, 0.15) is 12.4 Å². The van der Waals surface area contributed by atoms with Gasteiger partial charge in [-0.05, 0) is 39.9 Å². The molecule has 0 saturated carbocycles. The highest BCUT2D eigenvalue weighted by atomic mass is 16.5. The lowest BCUT2D eigenvalue weighted by molar-refractivity contribution is -0.137. The van der Waals surface area contributed by atoms with Gasteiger partial charge in [0.05, 0.1) is 12.5 Å². The Kier molecular flexibility index (Phi) is 5.39. The number of carbonyl (C=O) groups is 2. The van der Waals surface area contributed by atoms with Crippen molar-refractivity contribution >= 4 is 12.1 Å². The minimum absolute atomic E-state index is 0.00257. The third kappa shape index (κ3) is 3.98. The number of hydrogen-bond donors (Lipinski definition) is 3. The highest BCUT2D eigenvalue weighted by molar-refractivity contribution is 5.79. The van der Waals surface area contributed by atoms with Crippen molar-refractivity contribution in [2.24, 2.45) is 0 Å². The normalized spacial score (nSPS) is 13.2. The molecule has 1 aliphatic carbocycles. The molecule has 0 bridgehead atoms. The molecule has 3 aromatic carbocycles. The molecule has 1 amide bonds. The number of aromatic hydroxyl groups is 1. The first-order chi connectivity index (χ1) is 14.5. The molecule has 6 nitrogen and oxygen atoms in total. The summed E-state index contributed by atoms with van der Waals surface area (Å²) in [6.45, 7) is 0.139. The molecular weight excluding hydrogens is 382 g/mol. The Morgan fingerprint density at radius 1 is 0.933 bits per heavy atom. The smallest absolute Gasteiger partial charge is 0.407 e. The van der Waals surface area contributed by atoms with Crippen LogP contribution in [-0.2, 0) is 9.53 Å². The van der Waals surface area contributed by atoms with Crippen LogP contribution in [0.25, 0.3) is 11.1 Å². The van der Waals surface area contributed by atoms with Crippen LogP contribution in [0.5, 0.6) is 5.75 Å². The molecule has 4 rings (SSSR count). The number of alkyl carbamates (subject to hydrolysis) is 1. The minimum Gasteiger partial charge on any atom is -0.508 e. The van der Waals surface area contributed by atoms with Gasteiger partial charge in [0.2, 0.25) is 0 Å². The predicted octanol–water partition coefficient (Wildman–Crippen LogP) is 4.45. The number of amides is 1. The Bertz CT molecular complexity index is 1050. The number of carboxylic acid groups (broad SMARTS) is 1. The summed E-state index contributed by atoms with van der Waals surface area (Å²) in [5.74, 6) is -1.15. The maximum Gasteiger partial charge on any atom is 0.407 e. The van der Waals surface area contributed by atoms with Crippen LogP contribution in [0.15, 0.2) is 72.8 Å². The summed E-state index contributed by atoms with van der Waals surface area (Å²) in [6, 6.07) is 21.4. The molecule has 0 saturated heterocycles. The summed E-state index contributed by atoms with van der Waals surface area (Å²) in [4.78, 5) is 23.7. The summed E-state index contributed by atoms with van der Waals surface area (Å²) in [5, 5.41) is 21.5. The van der Waals surface area contributed by atoms with E-state index in [-0.39, 0.29) is 24.7 Å². The van der Waals surface area contributed by atoms with E-state index in [0.717, 1.165) is 22.3 Å². The number of phenols is 1. The molecule has 1 unspecified atom stereocenters. The molecule has 1 atom stereocenters. The molecule has 0 fully saturated rings. The Labute approximate surface area is 173 Å². The van der Waals surface area contributed by atoms with E-state index in [9.17, 15) is 19.8 Å². The first-order valence-corrected chi connectivity index (χ1v) is 9.65. The summed E-state index contributed by atoms with van der Waals surface area (Å²) < 4.78 is 5.50. The lowest BCUT2D eigenvalue weighted by atomic mass is 9.98. The van der Waals surface area contributed by atoms with Crippen molar-refractivity contribution in [2.75, 3.05) is 6.61 Å². The van der Waals surface area contributed by atoms with Crippen LogP contribution in [0, 0.1) is 0 Å². The largest absolute Gasteiger partial charge is 0.508 e. The number of fused-ring (bicyclic) bond motifs is 3. The third-order valence-corrected chi connectivity index (χ3v) is 5.29. The summed E-state index contributed by atoms with van der Waals surface area (Å²) in [7, 11) is 0. The molecule has 0 aromatic heterocycles. The zero-order chi connectivity index (χ0) is 21.1. The second kappa shape index (κ2) is 8.29. The van der Waals surface area contributed by atoms with Crippen molar-refractivity contribution in [1.29, 1.82) is 0 Å². The van der Waals surface area contributed by atoms with E-state index in [4.69, 9.17) is 4.74 Å². The fraction of sp³-hybridized carbons (Fsp3) is 0.167. The van der Waals surface area contributed by atoms with Crippen LogP contribution in [0.2, 0.25) is 0 Å². The molecule has 3 aromatic rings. The quantitative estimate of drug-likeness (QED) is 0.565. The van der Waals surface area contributed by atoms with Gasteiger partial charge in [-0.25, -0.2) is 4.79 Å². The first kappa shape index (κ1) is 19.5. The van der Waals surface area contributed by atoms with Crippen LogP contribution >= 0.6 is 0 Å². The fourth-order valence-corrected chi connectivity index (χ4v) is 3.95. The average Bonchev–Trinajstić information content (AvgIpc) is 3.05. The standard InChI is InChI=1S/C24H21NO5/c26-16-7-5-6-15(12-16)22(13-23(27)28)25-24(29)30-14-21-19-10-3-1-8-17(19)18-9-2-4-11-20(18)21/h1-12,21-22,26H,13-14H2,(H,25,29)(H,27,28). The van der Waals surface area contributed by atoms with Gasteiger partial charge in [-0.1, -0.05) is 60.7 Å². The van der Waals surface area contributed by atoms with Gasteiger partial charge >= 0.3 is 12.1 Å². The van der Waals surface area contributed by atoms with E-state index >= 15 is 0 Å². The van der Waals surface area contributed by atoms with Crippen LogP contribution < -0.4 is 5.32 Å². The summed E-state index contributed by atoms with van der Waals surface area (Å²) >= 11 is 0. The van der Waals surface area contributed by atoms with E-state index in [1.54, 1.807) is 12.1 Å². The van der Waals surface area contributed by atoms with Crippen molar-refractivity contribution in [3.63, 3.8) is 0 Å². The van der Waals surface area contributed by atoms with E-state index in [1.807, 2.05) is 36.4 Å². The number of nitrogens with one attached hydrogen (secondary N) is 1. The fourth-order valence-electron chi connectivity index (χ4n) is 3.95. The lowest BCUT2D eigenvalue weighted by Gasteiger charge is -2.19. The summed E-state index contributed by atoms with van der Waals surface area (Å²) in [5.41, 5.74) is 4.95. The van der Waals surface area contributed by atoms with E-state index in [2.05, 4.69) is 17.4 Å². The van der Waals surface area contributed by atoms with Gasteiger partial charge in [0, 0.05) is 5.92 Å². The number of phenolic OH excluding ortho intramolecular Hbond substituents is 1. The third-order valence-electron chi connectivity index (χ3n) is 5.29. The Hall–Kier alpha value is -3.80. The maximum atomic E-state index is 12.5. The lowest BCUT2D eigenvalue weighted by Crippen LogP contribution is -2.31. The molecule has 0 spiro atoms. The van der Waals surface area contributed by atoms with Crippen molar-refractivity contribution in [2.45, 2.75) is 18.4 Å². The van der Waals surface area contributed by atoms with Crippen LogP contribution in [0.4, 0.5) is 4.79 Å². The number of aliphatic carboxylic acids is 1. The van der Waals surface area contributed by atoms with Crippen molar-refractivity contribution < 1.29 is 24.5 Å². The second-order valence-corrected chi connectivity index (χ2v) is 7.22. The molecular formula is C24H21NO5. The number of hydrogen-bond acceptors (Lipinski definition) is 4. The van der Waals surface area contributed by atoms with Gasteiger partial charge in [0.25, 0.3) is 0 Å². The molecule has 0 heterocycles. The Morgan fingerprint density at radius 3 is 2.17 bits per heavy atom. The average molecular weight is 403 g/mol. The second-order valence-electron chi connectivity index (χ2n) is 7.22. The van der Waals surface area contributed by atoms with Gasteiger partial charge in [-0.15, -0.1) is 0 Å². The molecule has 152 valence electrons. The molecule has 3 N–H and O–H groups in total. The van der Waals surface area contributed by atoms with Crippen molar-refractivity contribution in [3.05, 3.63) is 89.5 Å². The topological polar surface area (TPSA) is 95.9 Å². The van der Waals surface area contributed by atoms with Crippen LogP contribution in [0.3, 0.4) is 0 Å². The first-order valence-electron chi connectivity index (χ1n) is 9.65. The molecule has 0 aliphatic heterocycles. The van der Waals surface area contributed by atoms with Crippen molar-refractivity contribution in [3.8, 4) is 16.9 Å². The van der Waals surface area contributed by atoms with E-state index in [0.29, 0.717) is 5.56 Å². The molecule has 0 radical (unpaired) electrons. The van der Waals surface area contributed by atoms with Gasteiger partial charge in [0.15, 0.2) is 0 Å². The highest BCUT2D eigenvalue weighted by Crippen LogP contribution is 2.44. The SMILES string of the molecule is O=C(O)CC(NC(=O)OCC1c2ccccc2-c2ccccc21)c1cccc(O)c1. The number of carbonyl (C=O) groups excluding carboxylic acids is 1. The monoisotopic (exact) mass is 403 g/mol. The molecule has 6 heteroatoms. The minimum atomic E-state index is -1.07. The van der Waals surface area contributed by atoms with Crippen LogP contribution in [-0.4, -0.2) is 28.9 Å². The molecule has 30 heavy (non-hydrogen) atoms. The van der Waals surface area contributed by atoms with Crippen LogP contribution in [0.1, 0.15) is 35.1 Å². The zero-order valence-corrected chi connectivity index (χ0v) is 16.1. The Balaban J connectivity index is 1.48. The van der Waals surface area contributed by atoms with Gasteiger partial charge in [-0.2, -0.15) is 0 Å². The number of rotatable bonds is 6. The number of ether oxygens (including phenoxy) is 1. The molecule has 1 aliphatic rings.